The normalized spacial score (nSPS) is 11.0. The van der Waals surface area contributed by atoms with E-state index in [4.69, 9.17) is 4.74 Å². The van der Waals surface area contributed by atoms with Crippen molar-refractivity contribution in [3.05, 3.63) is 58.5 Å². The van der Waals surface area contributed by atoms with Crippen LogP contribution in [0.5, 0.6) is 5.75 Å². The molecule has 0 aliphatic carbocycles. The average Bonchev–Trinajstić information content (AvgIpc) is 2.63. The van der Waals surface area contributed by atoms with E-state index in [0.717, 1.165) is 22.3 Å². The van der Waals surface area contributed by atoms with E-state index in [9.17, 15) is 4.79 Å². The molecule has 0 aliphatic heterocycles. The van der Waals surface area contributed by atoms with E-state index >= 15 is 0 Å². The van der Waals surface area contributed by atoms with Gasteiger partial charge < -0.3 is 4.74 Å². The van der Waals surface area contributed by atoms with Gasteiger partial charge in [-0.2, -0.15) is 0 Å². The predicted octanol–water partition coefficient (Wildman–Crippen LogP) is 3.32. The third-order valence-corrected chi connectivity index (χ3v) is 4.01. The molecule has 2 heterocycles. The molecule has 4 rings (SSSR count). The number of benzene rings is 2. The Hall–Kier alpha value is -3.48. The fourth-order valence-electron chi connectivity index (χ4n) is 2.82. The van der Waals surface area contributed by atoms with Gasteiger partial charge in [-0.25, -0.2) is 15.0 Å². The number of aromatic nitrogens is 4. The van der Waals surface area contributed by atoms with Crippen LogP contribution < -0.4 is 15.6 Å². The van der Waals surface area contributed by atoms with Gasteiger partial charge in [0, 0.05) is 5.39 Å². The quantitative estimate of drug-likeness (QED) is 0.588. The number of nitrogens with one attached hydrogen (secondary N) is 2. The lowest BCUT2D eigenvalue weighted by atomic mass is 10.2. The van der Waals surface area contributed by atoms with Gasteiger partial charge in [0.25, 0.3) is 5.56 Å². The second-order valence-corrected chi connectivity index (χ2v) is 5.80. The van der Waals surface area contributed by atoms with Crippen LogP contribution >= 0.6 is 0 Å². The standard InChI is InChI=1S/C19H17N5O2/c1-3-26-12-8-9-16-14(10-12)11(2)20-18(22-16)24-19-21-15-7-5-4-6-13(15)17(25)23-19/h4-10H,3H2,1-2H3,(H2,20,21,22,23,24,25). The molecule has 4 aromatic rings. The Labute approximate surface area is 149 Å². The number of hydrogen-bond acceptors (Lipinski definition) is 6. The number of aryl methyl sites for hydroxylation is 1. The van der Waals surface area contributed by atoms with Gasteiger partial charge >= 0.3 is 0 Å². The minimum absolute atomic E-state index is 0.211. The van der Waals surface area contributed by atoms with Crippen molar-refractivity contribution in [3.8, 4) is 5.75 Å². The number of fused-ring (bicyclic) bond motifs is 2. The van der Waals surface area contributed by atoms with Crippen LogP contribution in [0.1, 0.15) is 12.6 Å². The minimum Gasteiger partial charge on any atom is -0.494 e. The fraction of sp³-hybridized carbons (Fsp3) is 0.158. The van der Waals surface area contributed by atoms with Crippen molar-refractivity contribution in [1.82, 2.24) is 19.9 Å². The summed E-state index contributed by atoms with van der Waals surface area (Å²) in [5.74, 6) is 1.46. The number of aromatic amines is 1. The maximum absolute atomic E-state index is 12.2. The molecule has 7 nitrogen and oxygen atoms in total. The molecule has 2 N–H and O–H groups in total. The maximum Gasteiger partial charge on any atom is 0.260 e. The molecule has 26 heavy (non-hydrogen) atoms. The van der Waals surface area contributed by atoms with Crippen molar-refractivity contribution in [3.63, 3.8) is 0 Å². The highest BCUT2D eigenvalue weighted by atomic mass is 16.5. The number of anilines is 2. The first-order chi connectivity index (χ1) is 12.6. The predicted molar refractivity (Wildman–Crippen MR) is 101 cm³/mol. The number of rotatable bonds is 4. The number of nitrogens with zero attached hydrogens (tertiary/aromatic N) is 3. The Bertz CT molecular complexity index is 1170. The van der Waals surface area contributed by atoms with Crippen LogP contribution in [0.25, 0.3) is 21.8 Å². The maximum atomic E-state index is 12.2. The lowest BCUT2D eigenvalue weighted by Gasteiger charge is -2.09. The van der Waals surface area contributed by atoms with Crippen LogP contribution in [0.2, 0.25) is 0 Å². The molecule has 0 aliphatic rings. The summed E-state index contributed by atoms with van der Waals surface area (Å²) in [4.78, 5) is 28.3. The molecule has 0 atom stereocenters. The highest BCUT2D eigenvalue weighted by Crippen LogP contribution is 2.23. The summed E-state index contributed by atoms with van der Waals surface area (Å²) in [5.41, 5.74) is 1.99. The second-order valence-electron chi connectivity index (χ2n) is 5.80. The Morgan fingerprint density at radius 2 is 1.85 bits per heavy atom. The van der Waals surface area contributed by atoms with E-state index in [1.165, 1.54) is 0 Å². The number of para-hydroxylation sites is 1. The summed E-state index contributed by atoms with van der Waals surface area (Å²) in [7, 11) is 0. The van der Waals surface area contributed by atoms with E-state index < -0.39 is 0 Å². The Morgan fingerprint density at radius 1 is 1.04 bits per heavy atom. The van der Waals surface area contributed by atoms with Gasteiger partial charge in [-0.05, 0) is 44.2 Å². The third kappa shape index (κ3) is 2.95. The number of ether oxygens (including phenoxy) is 1. The van der Waals surface area contributed by atoms with E-state index in [2.05, 4.69) is 25.3 Å². The highest BCUT2D eigenvalue weighted by molar-refractivity contribution is 5.84. The van der Waals surface area contributed by atoms with Crippen molar-refractivity contribution in [2.24, 2.45) is 0 Å². The zero-order valence-electron chi connectivity index (χ0n) is 14.4. The van der Waals surface area contributed by atoms with Crippen LogP contribution in [-0.2, 0) is 0 Å². The first-order valence-electron chi connectivity index (χ1n) is 8.31. The molecule has 0 saturated heterocycles. The molecule has 0 saturated carbocycles. The van der Waals surface area contributed by atoms with Gasteiger partial charge in [-0.1, -0.05) is 12.1 Å². The molecule has 0 fully saturated rings. The summed E-state index contributed by atoms with van der Waals surface area (Å²) in [6, 6.07) is 12.8. The molecule has 2 aromatic carbocycles. The largest absolute Gasteiger partial charge is 0.494 e. The third-order valence-electron chi connectivity index (χ3n) is 4.01. The Balaban J connectivity index is 1.73. The minimum atomic E-state index is -0.211. The van der Waals surface area contributed by atoms with Crippen molar-refractivity contribution >= 4 is 33.7 Å². The Morgan fingerprint density at radius 3 is 2.69 bits per heavy atom. The molecular formula is C19H17N5O2. The van der Waals surface area contributed by atoms with Crippen LogP contribution in [0.4, 0.5) is 11.9 Å². The molecule has 2 aromatic heterocycles. The van der Waals surface area contributed by atoms with Crippen LogP contribution in [0, 0.1) is 6.92 Å². The highest BCUT2D eigenvalue weighted by Gasteiger charge is 2.09. The molecular weight excluding hydrogens is 330 g/mol. The smallest absolute Gasteiger partial charge is 0.260 e. The second kappa shape index (κ2) is 6.44. The van der Waals surface area contributed by atoms with E-state index in [-0.39, 0.29) is 5.56 Å². The number of hydrogen-bond donors (Lipinski definition) is 2. The van der Waals surface area contributed by atoms with Crippen molar-refractivity contribution in [2.45, 2.75) is 13.8 Å². The molecule has 0 radical (unpaired) electrons. The van der Waals surface area contributed by atoms with Gasteiger partial charge in [-0.3, -0.25) is 15.1 Å². The van der Waals surface area contributed by atoms with Crippen LogP contribution in [0.15, 0.2) is 47.3 Å². The van der Waals surface area contributed by atoms with Gasteiger partial charge in [0.15, 0.2) is 0 Å². The van der Waals surface area contributed by atoms with E-state index in [1.807, 2.05) is 38.1 Å². The lowest BCUT2D eigenvalue weighted by Crippen LogP contribution is -2.12. The summed E-state index contributed by atoms with van der Waals surface area (Å²) >= 11 is 0. The van der Waals surface area contributed by atoms with Crippen molar-refractivity contribution in [1.29, 1.82) is 0 Å². The fourth-order valence-corrected chi connectivity index (χ4v) is 2.82. The van der Waals surface area contributed by atoms with Gasteiger partial charge in [-0.15, -0.1) is 0 Å². The molecule has 0 unspecified atom stereocenters. The number of H-pyrrole nitrogens is 1. The molecule has 130 valence electrons. The summed E-state index contributed by atoms with van der Waals surface area (Å²) < 4.78 is 5.53. The van der Waals surface area contributed by atoms with Gasteiger partial charge in [0.2, 0.25) is 11.9 Å². The summed E-state index contributed by atoms with van der Waals surface area (Å²) in [6.45, 7) is 4.45. The average molecular weight is 347 g/mol. The van der Waals surface area contributed by atoms with E-state index in [0.29, 0.717) is 29.4 Å². The topological polar surface area (TPSA) is 92.8 Å². The Kier molecular flexibility index (Phi) is 3.96. The van der Waals surface area contributed by atoms with E-state index in [1.54, 1.807) is 18.2 Å². The summed E-state index contributed by atoms with van der Waals surface area (Å²) in [5, 5.41) is 4.45. The first-order valence-corrected chi connectivity index (χ1v) is 8.31. The SMILES string of the molecule is CCOc1ccc2nc(Nc3nc4ccccc4c(=O)[nH]3)nc(C)c2c1. The van der Waals surface area contributed by atoms with Crippen molar-refractivity contribution in [2.75, 3.05) is 11.9 Å². The van der Waals surface area contributed by atoms with Crippen molar-refractivity contribution < 1.29 is 4.74 Å². The zero-order valence-corrected chi connectivity index (χ0v) is 14.4. The summed E-state index contributed by atoms with van der Waals surface area (Å²) in [6.07, 6.45) is 0. The monoisotopic (exact) mass is 347 g/mol. The molecule has 7 heteroatoms. The van der Waals surface area contributed by atoms with Gasteiger partial charge in [0.05, 0.1) is 28.7 Å². The molecule has 0 spiro atoms. The van der Waals surface area contributed by atoms with Crippen LogP contribution in [-0.4, -0.2) is 26.5 Å². The van der Waals surface area contributed by atoms with Crippen LogP contribution in [0.3, 0.4) is 0 Å². The first kappa shape index (κ1) is 16.0. The molecule has 0 bridgehead atoms. The molecule has 0 amide bonds. The zero-order chi connectivity index (χ0) is 18.1. The van der Waals surface area contributed by atoms with Gasteiger partial charge in [0.1, 0.15) is 5.75 Å². The lowest BCUT2D eigenvalue weighted by molar-refractivity contribution is 0.340.